The Morgan fingerprint density at radius 2 is 1.33 bits per heavy atom. The zero-order chi connectivity index (χ0) is 9.07. The predicted molar refractivity (Wildman–Crippen MR) is 57.2 cm³/mol. The fourth-order valence-electron chi connectivity index (χ4n) is 0.927. The van der Waals surface area contributed by atoms with E-state index >= 15 is 0 Å². The Labute approximate surface area is 76.7 Å². The van der Waals surface area contributed by atoms with Gasteiger partial charge in [0.05, 0.1) is 0 Å². The molecule has 0 aliphatic rings. The Kier molecular flexibility index (Phi) is 9.56. The van der Waals surface area contributed by atoms with E-state index in [-0.39, 0.29) is 0 Å². The van der Waals surface area contributed by atoms with E-state index in [2.05, 4.69) is 37.8 Å². The van der Waals surface area contributed by atoms with Gasteiger partial charge in [-0.05, 0) is 32.1 Å². The highest BCUT2D eigenvalue weighted by molar-refractivity contribution is 4.88. The van der Waals surface area contributed by atoms with Crippen molar-refractivity contribution in [2.75, 3.05) is 0 Å². The number of unbranched alkanes of at least 4 members (excludes halogenated alkanes) is 2. The number of allylic oxidation sites excluding steroid dienone is 5. The van der Waals surface area contributed by atoms with Crippen molar-refractivity contribution in [3.63, 3.8) is 0 Å². The maximum atomic E-state index is 3.67. The third-order valence-electron chi connectivity index (χ3n) is 1.61. The minimum absolute atomic E-state index is 1.10. The third-order valence-corrected chi connectivity index (χ3v) is 1.61. The lowest BCUT2D eigenvalue weighted by molar-refractivity contribution is 1.000. The molecule has 0 saturated carbocycles. The van der Waals surface area contributed by atoms with Gasteiger partial charge in [-0.1, -0.05) is 37.3 Å². The third kappa shape index (κ3) is 9.22. The summed E-state index contributed by atoms with van der Waals surface area (Å²) in [5, 5.41) is 0. The van der Waals surface area contributed by atoms with E-state index in [0.29, 0.717) is 0 Å². The molecule has 68 valence electrons. The SMILES string of the molecule is C=CCCC=CCCC=CCC. The van der Waals surface area contributed by atoms with Gasteiger partial charge in [0.25, 0.3) is 0 Å². The van der Waals surface area contributed by atoms with Crippen LogP contribution in [0, 0.1) is 0 Å². The van der Waals surface area contributed by atoms with Crippen molar-refractivity contribution in [3.8, 4) is 0 Å². The lowest BCUT2D eigenvalue weighted by atomic mass is 10.2. The summed E-state index contributed by atoms with van der Waals surface area (Å²) in [6.07, 6.45) is 16.7. The molecule has 0 aliphatic heterocycles. The smallest absolute Gasteiger partial charge is 0.0316 e. The first kappa shape index (κ1) is 11.2. The van der Waals surface area contributed by atoms with Crippen LogP contribution in [0.15, 0.2) is 37.0 Å². The topological polar surface area (TPSA) is 0 Å². The Bertz CT molecular complexity index is 140. The fraction of sp³-hybridized carbons (Fsp3) is 0.500. The molecule has 12 heavy (non-hydrogen) atoms. The molecule has 0 nitrogen and oxygen atoms in total. The minimum atomic E-state index is 1.10. The number of hydrogen-bond acceptors (Lipinski definition) is 0. The van der Waals surface area contributed by atoms with Crippen LogP contribution in [0.5, 0.6) is 0 Å². The summed E-state index contributed by atoms with van der Waals surface area (Å²) in [6, 6.07) is 0. The molecule has 0 heteroatoms. The molecule has 0 saturated heterocycles. The van der Waals surface area contributed by atoms with Crippen LogP contribution >= 0.6 is 0 Å². The second kappa shape index (κ2) is 10.2. The average molecular weight is 164 g/mol. The summed E-state index contributed by atoms with van der Waals surface area (Å²) >= 11 is 0. The van der Waals surface area contributed by atoms with Gasteiger partial charge in [-0.15, -0.1) is 6.58 Å². The van der Waals surface area contributed by atoms with E-state index in [1.54, 1.807) is 0 Å². The Morgan fingerprint density at radius 1 is 0.833 bits per heavy atom. The van der Waals surface area contributed by atoms with Gasteiger partial charge in [0.1, 0.15) is 0 Å². The molecular weight excluding hydrogens is 144 g/mol. The highest BCUT2D eigenvalue weighted by atomic mass is 13.8. The molecule has 0 aromatic carbocycles. The normalized spacial score (nSPS) is 11.4. The molecule has 0 unspecified atom stereocenters. The van der Waals surface area contributed by atoms with Crippen molar-refractivity contribution in [2.24, 2.45) is 0 Å². The van der Waals surface area contributed by atoms with Crippen LogP contribution in [0.2, 0.25) is 0 Å². The summed E-state index contributed by atoms with van der Waals surface area (Å²) in [5.41, 5.74) is 0. The van der Waals surface area contributed by atoms with Gasteiger partial charge in [0.15, 0.2) is 0 Å². The van der Waals surface area contributed by atoms with Crippen molar-refractivity contribution in [1.82, 2.24) is 0 Å². The average Bonchev–Trinajstić information content (AvgIpc) is 2.10. The summed E-state index contributed by atoms with van der Waals surface area (Å²) in [5.74, 6) is 0. The molecule has 0 aromatic rings. The maximum Gasteiger partial charge on any atom is -0.0316 e. The van der Waals surface area contributed by atoms with Crippen molar-refractivity contribution >= 4 is 0 Å². The first-order valence-electron chi connectivity index (χ1n) is 4.82. The molecule has 0 N–H and O–H groups in total. The molecule has 0 amide bonds. The van der Waals surface area contributed by atoms with Gasteiger partial charge < -0.3 is 0 Å². The summed E-state index contributed by atoms with van der Waals surface area (Å²) < 4.78 is 0. The minimum Gasteiger partial charge on any atom is -0.103 e. The summed E-state index contributed by atoms with van der Waals surface area (Å²) in [4.78, 5) is 0. The van der Waals surface area contributed by atoms with Crippen molar-refractivity contribution in [1.29, 1.82) is 0 Å². The Morgan fingerprint density at radius 3 is 1.83 bits per heavy atom. The second-order valence-electron chi connectivity index (χ2n) is 2.79. The van der Waals surface area contributed by atoms with Gasteiger partial charge in [-0.2, -0.15) is 0 Å². The monoisotopic (exact) mass is 164 g/mol. The molecule has 0 radical (unpaired) electrons. The van der Waals surface area contributed by atoms with Gasteiger partial charge in [0, 0.05) is 0 Å². The molecule has 0 aliphatic carbocycles. The van der Waals surface area contributed by atoms with E-state index in [1.165, 1.54) is 12.8 Å². The zero-order valence-corrected chi connectivity index (χ0v) is 8.13. The lowest BCUT2D eigenvalue weighted by Crippen LogP contribution is -1.66. The van der Waals surface area contributed by atoms with Crippen LogP contribution in [0.4, 0.5) is 0 Å². The molecule has 0 rings (SSSR count). The first-order chi connectivity index (χ1) is 5.91. The zero-order valence-electron chi connectivity index (χ0n) is 8.13. The quantitative estimate of drug-likeness (QED) is 0.389. The van der Waals surface area contributed by atoms with Crippen LogP contribution < -0.4 is 0 Å². The highest BCUT2D eigenvalue weighted by Crippen LogP contribution is 1.97. The summed E-state index contributed by atoms with van der Waals surface area (Å²) in [7, 11) is 0. The highest BCUT2D eigenvalue weighted by Gasteiger charge is 1.76. The van der Waals surface area contributed by atoms with Crippen molar-refractivity contribution in [3.05, 3.63) is 37.0 Å². The second-order valence-corrected chi connectivity index (χ2v) is 2.79. The molecule has 0 fully saturated rings. The largest absolute Gasteiger partial charge is 0.103 e. The molecule has 0 spiro atoms. The van der Waals surface area contributed by atoms with E-state index in [1.807, 2.05) is 6.08 Å². The standard InChI is InChI=1S/C12H20/c1-3-5-7-9-11-12-10-8-6-4-2/h3,6,8-9,11H,1,4-5,7,10,12H2,2H3. The van der Waals surface area contributed by atoms with E-state index in [0.717, 1.165) is 19.3 Å². The molecular formula is C12H20. The molecule has 0 heterocycles. The first-order valence-corrected chi connectivity index (χ1v) is 4.82. The molecule has 0 aromatic heterocycles. The van der Waals surface area contributed by atoms with Crippen LogP contribution in [0.25, 0.3) is 0 Å². The Balaban J connectivity index is 3.12. The number of rotatable bonds is 7. The van der Waals surface area contributed by atoms with Crippen molar-refractivity contribution < 1.29 is 0 Å². The predicted octanol–water partition coefficient (Wildman–Crippen LogP) is 4.26. The van der Waals surface area contributed by atoms with Crippen LogP contribution in [0.1, 0.15) is 39.0 Å². The fourth-order valence-corrected chi connectivity index (χ4v) is 0.927. The van der Waals surface area contributed by atoms with Gasteiger partial charge >= 0.3 is 0 Å². The molecule has 0 bridgehead atoms. The van der Waals surface area contributed by atoms with E-state index in [9.17, 15) is 0 Å². The van der Waals surface area contributed by atoms with E-state index < -0.39 is 0 Å². The maximum absolute atomic E-state index is 3.67. The van der Waals surface area contributed by atoms with Crippen LogP contribution in [-0.4, -0.2) is 0 Å². The van der Waals surface area contributed by atoms with Crippen LogP contribution in [-0.2, 0) is 0 Å². The van der Waals surface area contributed by atoms with E-state index in [4.69, 9.17) is 0 Å². The van der Waals surface area contributed by atoms with Gasteiger partial charge in [-0.25, -0.2) is 0 Å². The van der Waals surface area contributed by atoms with Crippen LogP contribution in [0.3, 0.4) is 0 Å². The lowest BCUT2D eigenvalue weighted by Gasteiger charge is -1.87. The Hall–Kier alpha value is -0.780. The summed E-state index contributed by atoms with van der Waals surface area (Å²) in [6.45, 7) is 5.84. The van der Waals surface area contributed by atoms with Crippen molar-refractivity contribution in [2.45, 2.75) is 39.0 Å². The van der Waals surface area contributed by atoms with Gasteiger partial charge in [0.2, 0.25) is 0 Å². The number of hydrogen-bond donors (Lipinski definition) is 0. The van der Waals surface area contributed by atoms with Gasteiger partial charge in [-0.3, -0.25) is 0 Å². The molecule has 0 atom stereocenters.